The van der Waals surface area contributed by atoms with Crippen LogP contribution >= 0.6 is 0 Å². The molecule has 0 unspecified atom stereocenters. The van der Waals surface area contributed by atoms with Gasteiger partial charge in [0.25, 0.3) is 0 Å². The number of urea groups is 1. The molecule has 0 saturated carbocycles. The molecular weight excluding hydrogens is 142 g/mol. The first-order valence-corrected chi connectivity index (χ1v) is 1.87. The minimum Gasteiger partial charge on any atom is -0.329 e. The predicted molar refractivity (Wildman–Crippen MR) is 33.0 cm³/mol. The van der Waals surface area contributed by atoms with Crippen molar-refractivity contribution in [3.63, 3.8) is 0 Å². The number of nitrogens with one attached hydrogen (secondary N) is 2. The second kappa shape index (κ2) is 5.70. The SMILES string of the molecule is O=C1CNC(=O)N1.[Na].[Na]. The maximum Gasteiger partial charge on any atom is 0.321 e. The molecule has 1 heterocycles. The molecule has 9 heavy (non-hydrogen) atoms. The zero-order valence-electron chi connectivity index (χ0n) is 5.52. The van der Waals surface area contributed by atoms with Gasteiger partial charge in [0, 0.05) is 59.1 Å². The number of hydrogen-bond donors (Lipinski definition) is 2. The zero-order chi connectivity index (χ0) is 5.28. The van der Waals surface area contributed by atoms with E-state index in [1.54, 1.807) is 0 Å². The zero-order valence-corrected chi connectivity index (χ0v) is 9.52. The molecule has 1 aliphatic rings. The van der Waals surface area contributed by atoms with Crippen LogP contribution in [0.4, 0.5) is 4.79 Å². The summed E-state index contributed by atoms with van der Waals surface area (Å²) in [5, 5.41) is 4.30. The molecular formula is C3H4N2Na2O2. The van der Waals surface area contributed by atoms with Crippen molar-refractivity contribution in [1.82, 2.24) is 10.6 Å². The van der Waals surface area contributed by atoms with Crippen molar-refractivity contribution in [3.05, 3.63) is 0 Å². The third kappa shape index (κ3) is 4.36. The van der Waals surface area contributed by atoms with Crippen LogP contribution in [0.5, 0.6) is 0 Å². The Balaban J connectivity index is 0. The number of imide groups is 1. The molecule has 0 spiro atoms. The van der Waals surface area contributed by atoms with Gasteiger partial charge in [0.15, 0.2) is 0 Å². The Morgan fingerprint density at radius 3 is 1.89 bits per heavy atom. The van der Waals surface area contributed by atoms with Gasteiger partial charge in [-0.15, -0.1) is 0 Å². The van der Waals surface area contributed by atoms with E-state index in [1.165, 1.54) is 0 Å². The van der Waals surface area contributed by atoms with Crippen LogP contribution in [0.25, 0.3) is 0 Å². The minimum absolute atomic E-state index is 0. The summed E-state index contributed by atoms with van der Waals surface area (Å²) in [6, 6.07) is -0.398. The van der Waals surface area contributed by atoms with E-state index >= 15 is 0 Å². The van der Waals surface area contributed by atoms with Crippen molar-refractivity contribution in [2.75, 3.05) is 6.54 Å². The van der Waals surface area contributed by atoms with Crippen LogP contribution in [0.15, 0.2) is 0 Å². The molecule has 0 aromatic carbocycles. The third-order valence-corrected chi connectivity index (χ3v) is 0.662. The number of carbonyl (C=O) groups excluding carboxylic acids is 2. The van der Waals surface area contributed by atoms with E-state index < -0.39 is 6.03 Å². The monoisotopic (exact) mass is 146 g/mol. The maximum atomic E-state index is 10.1. The average molecular weight is 146 g/mol. The molecule has 3 amide bonds. The first-order valence-electron chi connectivity index (χ1n) is 1.87. The molecule has 1 fully saturated rings. The second-order valence-electron chi connectivity index (χ2n) is 1.23. The Kier molecular flexibility index (Phi) is 7.99. The van der Waals surface area contributed by atoms with Gasteiger partial charge in [-0.1, -0.05) is 0 Å². The average Bonchev–Trinajstić information content (AvgIpc) is 1.87. The number of amides is 3. The summed E-state index contributed by atoms with van der Waals surface area (Å²) in [6.07, 6.45) is 0. The summed E-state index contributed by atoms with van der Waals surface area (Å²) in [5.41, 5.74) is 0. The number of carbonyl (C=O) groups is 2. The van der Waals surface area contributed by atoms with Gasteiger partial charge in [-0.3, -0.25) is 10.1 Å². The van der Waals surface area contributed by atoms with Gasteiger partial charge in [0.1, 0.15) is 0 Å². The summed E-state index contributed by atoms with van der Waals surface area (Å²) in [6.45, 7) is 0.124. The smallest absolute Gasteiger partial charge is 0.321 e. The molecule has 1 saturated heterocycles. The van der Waals surface area contributed by atoms with E-state index in [0.717, 1.165) is 0 Å². The fourth-order valence-electron chi connectivity index (χ4n) is 0.376. The van der Waals surface area contributed by atoms with Crippen molar-refractivity contribution in [2.45, 2.75) is 0 Å². The summed E-state index contributed by atoms with van der Waals surface area (Å²) in [4.78, 5) is 20.1. The van der Waals surface area contributed by atoms with Gasteiger partial charge >= 0.3 is 6.03 Å². The van der Waals surface area contributed by atoms with Crippen molar-refractivity contribution < 1.29 is 9.59 Å². The standard InChI is InChI=1S/C3H4N2O2.2Na/c6-2-1-4-3(7)5-2;;/h1H2,(H2,4,5,6,7);;. The Morgan fingerprint density at radius 2 is 1.78 bits per heavy atom. The minimum atomic E-state index is -0.398. The normalized spacial score (nSPS) is 14.7. The van der Waals surface area contributed by atoms with Crippen LogP contribution in [-0.4, -0.2) is 77.6 Å². The predicted octanol–water partition coefficient (Wildman–Crippen LogP) is -1.94. The quantitative estimate of drug-likeness (QED) is 0.308. The summed E-state index contributed by atoms with van der Waals surface area (Å²) in [5.74, 6) is -0.259. The Labute approximate surface area is 96.7 Å². The Morgan fingerprint density at radius 1 is 1.22 bits per heavy atom. The molecule has 4 nitrogen and oxygen atoms in total. The molecule has 0 bridgehead atoms. The Bertz CT molecular complexity index is 113. The second-order valence-corrected chi connectivity index (χ2v) is 1.23. The molecule has 40 valence electrons. The van der Waals surface area contributed by atoms with Crippen LogP contribution in [-0.2, 0) is 4.79 Å². The van der Waals surface area contributed by atoms with Gasteiger partial charge < -0.3 is 5.32 Å². The van der Waals surface area contributed by atoms with Crippen molar-refractivity contribution >= 4 is 71.1 Å². The summed E-state index contributed by atoms with van der Waals surface area (Å²) >= 11 is 0. The van der Waals surface area contributed by atoms with Crippen LogP contribution in [0.1, 0.15) is 0 Å². The van der Waals surface area contributed by atoms with Gasteiger partial charge in [-0.2, -0.15) is 0 Å². The van der Waals surface area contributed by atoms with E-state index in [0.29, 0.717) is 0 Å². The van der Waals surface area contributed by atoms with Crippen LogP contribution < -0.4 is 10.6 Å². The van der Waals surface area contributed by atoms with Crippen molar-refractivity contribution in [2.24, 2.45) is 0 Å². The molecule has 0 aromatic heterocycles. The van der Waals surface area contributed by atoms with E-state index in [9.17, 15) is 9.59 Å². The molecule has 2 radical (unpaired) electrons. The molecule has 0 aliphatic carbocycles. The van der Waals surface area contributed by atoms with Gasteiger partial charge in [0.2, 0.25) is 5.91 Å². The van der Waals surface area contributed by atoms with E-state index in [2.05, 4.69) is 5.32 Å². The molecule has 0 atom stereocenters. The molecule has 6 heteroatoms. The first-order chi connectivity index (χ1) is 3.29. The first kappa shape index (κ1) is 12.6. The fraction of sp³-hybridized carbons (Fsp3) is 0.333. The van der Waals surface area contributed by atoms with Gasteiger partial charge in [-0.25, -0.2) is 4.79 Å². The molecule has 1 aliphatic heterocycles. The van der Waals surface area contributed by atoms with Crippen molar-refractivity contribution in [3.8, 4) is 0 Å². The number of rotatable bonds is 0. The topological polar surface area (TPSA) is 58.2 Å². The fourth-order valence-corrected chi connectivity index (χ4v) is 0.376. The maximum absolute atomic E-state index is 10.1. The third-order valence-electron chi connectivity index (χ3n) is 0.662. The number of hydrogen-bond acceptors (Lipinski definition) is 2. The van der Waals surface area contributed by atoms with E-state index in [1.807, 2.05) is 5.32 Å². The summed E-state index contributed by atoms with van der Waals surface area (Å²) < 4.78 is 0. The van der Waals surface area contributed by atoms with Crippen molar-refractivity contribution in [1.29, 1.82) is 0 Å². The Hall–Kier alpha value is 0.940. The van der Waals surface area contributed by atoms with E-state index in [4.69, 9.17) is 0 Å². The largest absolute Gasteiger partial charge is 0.329 e. The van der Waals surface area contributed by atoms with E-state index in [-0.39, 0.29) is 71.6 Å². The molecule has 0 aromatic rings. The molecule has 1 rings (SSSR count). The van der Waals surface area contributed by atoms with Crippen LogP contribution in [0, 0.1) is 0 Å². The van der Waals surface area contributed by atoms with Gasteiger partial charge in [0.05, 0.1) is 6.54 Å². The summed E-state index contributed by atoms with van der Waals surface area (Å²) in [7, 11) is 0. The van der Waals surface area contributed by atoms with Crippen LogP contribution in [0.2, 0.25) is 0 Å². The van der Waals surface area contributed by atoms with Gasteiger partial charge in [-0.05, 0) is 0 Å². The molecule has 2 N–H and O–H groups in total. The van der Waals surface area contributed by atoms with Crippen LogP contribution in [0.3, 0.4) is 0 Å².